The molecule has 1 aliphatic carbocycles. The number of carbonyl (C=O) groups excluding carboxylic acids is 2. The van der Waals surface area contributed by atoms with Crippen molar-refractivity contribution in [1.29, 1.82) is 0 Å². The van der Waals surface area contributed by atoms with E-state index in [2.05, 4.69) is 19.6 Å². The summed E-state index contributed by atoms with van der Waals surface area (Å²) in [5.41, 5.74) is 1.47. The Morgan fingerprint density at radius 1 is 1.38 bits per heavy atom. The van der Waals surface area contributed by atoms with Gasteiger partial charge in [-0.3, -0.25) is 9.59 Å². The van der Waals surface area contributed by atoms with Crippen LogP contribution in [0.15, 0.2) is 35.5 Å². The number of carbonyl (C=O) groups is 2. The Morgan fingerprint density at radius 3 is 2.59 bits per heavy atom. The van der Waals surface area contributed by atoms with Gasteiger partial charge in [-0.1, -0.05) is 29.9 Å². The molecule has 0 spiro atoms. The highest BCUT2D eigenvalue weighted by Gasteiger charge is 2.35. The molecule has 164 valence electrons. The molecule has 0 amide bonds. The molecule has 0 aromatic carbocycles. The number of esters is 2. The second-order valence-electron chi connectivity index (χ2n) is 8.36. The van der Waals surface area contributed by atoms with Crippen LogP contribution in [-0.4, -0.2) is 47.6 Å². The fraction of sp³-hybridized carbons (Fsp3) is 0.652. The van der Waals surface area contributed by atoms with Crippen molar-refractivity contribution in [3.8, 4) is 0 Å². The first-order valence-corrected chi connectivity index (χ1v) is 10.1. The topological polar surface area (TPSA) is 93.1 Å². The van der Waals surface area contributed by atoms with Gasteiger partial charge in [0.25, 0.3) is 0 Å². The Labute approximate surface area is 174 Å². The molecule has 0 aliphatic heterocycles. The molecule has 3 atom stereocenters. The van der Waals surface area contributed by atoms with Gasteiger partial charge in [-0.05, 0) is 58.4 Å². The first kappa shape index (κ1) is 25.1. The van der Waals surface area contributed by atoms with Crippen molar-refractivity contribution >= 4 is 11.9 Å². The van der Waals surface area contributed by atoms with Crippen LogP contribution < -0.4 is 0 Å². The molecule has 29 heavy (non-hydrogen) atoms. The van der Waals surface area contributed by atoms with Crippen LogP contribution in [0.1, 0.15) is 59.8 Å². The highest BCUT2D eigenvalue weighted by atomic mass is 16.5. The van der Waals surface area contributed by atoms with E-state index in [1.54, 1.807) is 6.08 Å². The van der Waals surface area contributed by atoms with Gasteiger partial charge in [0.2, 0.25) is 0 Å². The molecule has 0 saturated carbocycles. The Balaban J connectivity index is 3.33. The summed E-state index contributed by atoms with van der Waals surface area (Å²) in [6, 6.07) is 0. The van der Waals surface area contributed by atoms with Crippen LogP contribution in [0.2, 0.25) is 0 Å². The lowest BCUT2D eigenvalue weighted by Gasteiger charge is -2.30. The number of aliphatic hydroxyl groups excluding tert-OH is 1. The van der Waals surface area contributed by atoms with E-state index in [9.17, 15) is 19.8 Å². The molecule has 1 aliphatic rings. The highest BCUT2D eigenvalue weighted by molar-refractivity contribution is 5.76. The normalized spacial score (nSPS) is 22.7. The van der Waals surface area contributed by atoms with Crippen LogP contribution in [0.4, 0.5) is 0 Å². The van der Waals surface area contributed by atoms with Crippen molar-refractivity contribution in [2.75, 3.05) is 13.7 Å². The lowest BCUT2D eigenvalue weighted by molar-refractivity contribution is -0.145. The van der Waals surface area contributed by atoms with Crippen LogP contribution in [0, 0.1) is 11.8 Å². The number of allylic oxidation sites excluding steroid dienone is 2. The molecule has 2 N–H and O–H groups in total. The summed E-state index contributed by atoms with van der Waals surface area (Å²) in [5, 5.41) is 20.3. The largest absolute Gasteiger partial charge is 0.469 e. The molecule has 0 radical (unpaired) electrons. The second kappa shape index (κ2) is 11.3. The lowest BCUT2D eigenvalue weighted by atomic mass is 9.77. The molecule has 1 unspecified atom stereocenters. The zero-order valence-corrected chi connectivity index (χ0v) is 18.4. The van der Waals surface area contributed by atoms with Gasteiger partial charge in [0, 0.05) is 12.8 Å². The minimum atomic E-state index is -1.27. The van der Waals surface area contributed by atoms with Crippen LogP contribution >= 0.6 is 0 Å². The molecular formula is C23H36O6. The summed E-state index contributed by atoms with van der Waals surface area (Å²) >= 11 is 0. The zero-order valence-electron chi connectivity index (χ0n) is 18.4. The molecule has 0 heterocycles. The molecule has 6 nitrogen and oxygen atoms in total. The zero-order chi connectivity index (χ0) is 22.2. The average molecular weight is 409 g/mol. The third-order valence-corrected chi connectivity index (χ3v) is 5.44. The third-order valence-electron chi connectivity index (χ3n) is 5.44. The second-order valence-corrected chi connectivity index (χ2v) is 8.36. The van der Waals surface area contributed by atoms with Gasteiger partial charge in [0.15, 0.2) is 0 Å². The SMILES string of the molecule is C=C1CCC=C(C)CC[C@H](/C(=C\CC(O)C(C)(C)O)COC(C)=O)[C@H]1C(=O)OC. The van der Waals surface area contributed by atoms with Gasteiger partial charge < -0.3 is 19.7 Å². The number of hydrogen-bond donors (Lipinski definition) is 2. The van der Waals surface area contributed by atoms with E-state index in [1.807, 2.05) is 0 Å². The smallest absolute Gasteiger partial charge is 0.313 e. The number of aliphatic hydroxyl groups is 2. The number of ether oxygens (including phenoxy) is 2. The lowest BCUT2D eigenvalue weighted by Crippen LogP contribution is -2.35. The van der Waals surface area contributed by atoms with Crippen LogP contribution in [0.3, 0.4) is 0 Å². The molecule has 1 rings (SSSR count). The van der Waals surface area contributed by atoms with E-state index in [0.717, 1.165) is 24.0 Å². The van der Waals surface area contributed by atoms with Crippen molar-refractivity contribution in [1.82, 2.24) is 0 Å². The fourth-order valence-electron chi connectivity index (χ4n) is 3.51. The average Bonchev–Trinajstić information content (AvgIpc) is 2.69. The maximum absolute atomic E-state index is 12.7. The molecule has 0 aromatic heterocycles. The first-order chi connectivity index (χ1) is 13.5. The van der Waals surface area contributed by atoms with E-state index in [-0.39, 0.29) is 24.9 Å². The van der Waals surface area contributed by atoms with Gasteiger partial charge in [-0.15, -0.1) is 0 Å². The Hall–Kier alpha value is -1.92. The minimum Gasteiger partial charge on any atom is -0.469 e. The molecule has 0 aromatic rings. The molecule has 0 bridgehead atoms. The number of hydrogen-bond acceptors (Lipinski definition) is 6. The maximum atomic E-state index is 12.7. The van der Waals surface area contributed by atoms with Gasteiger partial charge in [0.1, 0.15) is 6.61 Å². The predicted molar refractivity (Wildman–Crippen MR) is 112 cm³/mol. The minimum absolute atomic E-state index is 0.0160. The van der Waals surface area contributed by atoms with Crippen LogP contribution in [0.5, 0.6) is 0 Å². The molecule has 0 saturated heterocycles. The van der Waals surface area contributed by atoms with E-state index >= 15 is 0 Å². The first-order valence-electron chi connectivity index (χ1n) is 10.1. The maximum Gasteiger partial charge on any atom is 0.313 e. The van der Waals surface area contributed by atoms with Crippen molar-refractivity contribution in [2.45, 2.75) is 71.5 Å². The van der Waals surface area contributed by atoms with Crippen molar-refractivity contribution in [3.63, 3.8) is 0 Å². The molecule has 6 heteroatoms. The quantitative estimate of drug-likeness (QED) is 0.495. The van der Waals surface area contributed by atoms with Crippen molar-refractivity contribution < 1.29 is 29.3 Å². The summed E-state index contributed by atoms with van der Waals surface area (Å²) in [4.78, 5) is 24.1. The van der Waals surface area contributed by atoms with E-state index in [0.29, 0.717) is 12.8 Å². The Morgan fingerprint density at radius 2 is 2.03 bits per heavy atom. The van der Waals surface area contributed by atoms with Gasteiger partial charge in [-0.25, -0.2) is 0 Å². The summed E-state index contributed by atoms with van der Waals surface area (Å²) in [6.07, 6.45) is 6.04. The number of methoxy groups -OCH3 is 1. The number of rotatable bonds is 7. The third kappa shape index (κ3) is 8.15. The van der Waals surface area contributed by atoms with Crippen molar-refractivity contribution in [3.05, 3.63) is 35.5 Å². The summed E-state index contributed by atoms with van der Waals surface area (Å²) in [7, 11) is 1.36. The molecule has 0 fully saturated rings. The summed E-state index contributed by atoms with van der Waals surface area (Å²) in [5.74, 6) is -1.62. The van der Waals surface area contributed by atoms with Gasteiger partial charge in [-0.2, -0.15) is 0 Å². The summed E-state index contributed by atoms with van der Waals surface area (Å²) in [6.45, 7) is 10.6. The Bertz CT molecular complexity index is 653. The standard InChI is InChI=1S/C23H36O6/c1-15-8-7-9-16(2)21(22(26)28-6)19(12-10-15)18(14-29-17(3)24)11-13-20(25)23(4,5)27/h8,11,19-21,25,27H,2,7,9-10,12-14H2,1,3-6H3/b15-8?,18-11-/t19-,20?,21+/m1/s1. The van der Waals surface area contributed by atoms with E-state index in [4.69, 9.17) is 9.47 Å². The van der Waals surface area contributed by atoms with E-state index in [1.165, 1.54) is 33.5 Å². The van der Waals surface area contributed by atoms with Gasteiger partial charge >= 0.3 is 11.9 Å². The predicted octanol–water partition coefficient (Wildman–Crippen LogP) is 3.48. The van der Waals surface area contributed by atoms with Crippen molar-refractivity contribution in [2.24, 2.45) is 11.8 Å². The fourth-order valence-corrected chi connectivity index (χ4v) is 3.51. The molecular weight excluding hydrogens is 372 g/mol. The summed E-state index contributed by atoms with van der Waals surface area (Å²) < 4.78 is 10.3. The van der Waals surface area contributed by atoms with Crippen LogP contribution in [-0.2, 0) is 19.1 Å². The monoisotopic (exact) mass is 408 g/mol. The van der Waals surface area contributed by atoms with Crippen LogP contribution in [0.25, 0.3) is 0 Å². The van der Waals surface area contributed by atoms with E-state index < -0.39 is 23.6 Å². The van der Waals surface area contributed by atoms with Gasteiger partial charge in [0.05, 0.1) is 24.7 Å². The Kier molecular flexibility index (Phi) is 9.80. The highest BCUT2D eigenvalue weighted by Crippen LogP contribution is 2.36.